The Labute approximate surface area is 168 Å². The minimum atomic E-state index is -0.324. The molecule has 3 aromatic heterocycles. The lowest BCUT2D eigenvalue weighted by Crippen LogP contribution is -2.44. The Morgan fingerprint density at radius 1 is 1.21 bits per heavy atom. The molecular weight excluding hydrogens is 372 g/mol. The molecule has 0 saturated carbocycles. The van der Waals surface area contributed by atoms with Crippen molar-refractivity contribution >= 4 is 23.3 Å². The zero-order valence-electron chi connectivity index (χ0n) is 16.8. The molecule has 4 heterocycles. The van der Waals surface area contributed by atoms with Gasteiger partial charge in [0.2, 0.25) is 11.7 Å². The van der Waals surface area contributed by atoms with E-state index in [1.54, 1.807) is 16.7 Å². The molecule has 1 N–H and O–H groups in total. The van der Waals surface area contributed by atoms with Crippen molar-refractivity contribution in [1.29, 1.82) is 0 Å². The topological polar surface area (TPSA) is 101 Å². The maximum atomic E-state index is 12.6. The number of aryl methyl sites for hydroxylation is 1. The molecule has 1 amide bonds. The van der Waals surface area contributed by atoms with E-state index in [1.165, 1.54) is 6.20 Å². The van der Waals surface area contributed by atoms with Crippen LogP contribution < -0.4 is 15.0 Å². The second kappa shape index (κ2) is 8.00. The highest BCUT2D eigenvalue weighted by Crippen LogP contribution is 2.20. The highest BCUT2D eigenvalue weighted by molar-refractivity contribution is 6.03. The monoisotopic (exact) mass is 396 g/mol. The van der Waals surface area contributed by atoms with Crippen LogP contribution in [-0.2, 0) is 0 Å². The van der Waals surface area contributed by atoms with E-state index in [2.05, 4.69) is 42.3 Å². The quantitative estimate of drug-likeness (QED) is 0.687. The third-order valence-corrected chi connectivity index (χ3v) is 4.86. The van der Waals surface area contributed by atoms with Crippen LogP contribution in [0.1, 0.15) is 23.0 Å². The van der Waals surface area contributed by atoms with E-state index >= 15 is 0 Å². The van der Waals surface area contributed by atoms with E-state index in [4.69, 9.17) is 4.74 Å². The van der Waals surface area contributed by atoms with Gasteiger partial charge in [-0.3, -0.25) is 9.20 Å². The lowest BCUT2D eigenvalue weighted by molar-refractivity contribution is 0.102. The van der Waals surface area contributed by atoms with Gasteiger partial charge < -0.3 is 19.9 Å². The summed E-state index contributed by atoms with van der Waals surface area (Å²) in [7, 11) is 2.11. The van der Waals surface area contributed by atoms with Gasteiger partial charge in [0.05, 0.1) is 12.2 Å². The van der Waals surface area contributed by atoms with Crippen LogP contribution in [0.15, 0.2) is 24.5 Å². The average molecular weight is 396 g/mol. The van der Waals surface area contributed by atoms with Crippen molar-refractivity contribution < 1.29 is 9.53 Å². The van der Waals surface area contributed by atoms with Gasteiger partial charge in [0.1, 0.15) is 5.69 Å². The summed E-state index contributed by atoms with van der Waals surface area (Å²) >= 11 is 0. The van der Waals surface area contributed by atoms with Gasteiger partial charge in [0.15, 0.2) is 11.6 Å². The third-order valence-electron chi connectivity index (χ3n) is 4.86. The molecular formula is C19H24N8O2. The SMILES string of the molecule is CCOc1c(C)nc2ncc(C(=O)Nc3ccc(N4CCN(C)CC4)nn3)cn12. The number of fused-ring (bicyclic) bond motifs is 1. The Hall–Kier alpha value is -3.27. The number of rotatable bonds is 5. The van der Waals surface area contributed by atoms with Crippen LogP contribution in [0.2, 0.25) is 0 Å². The molecule has 10 nitrogen and oxygen atoms in total. The molecule has 1 aliphatic heterocycles. The first-order valence-corrected chi connectivity index (χ1v) is 9.61. The number of piperazine rings is 1. The van der Waals surface area contributed by atoms with Gasteiger partial charge >= 0.3 is 0 Å². The maximum Gasteiger partial charge on any atom is 0.259 e. The minimum absolute atomic E-state index is 0.324. The van der Waals surface area contributed by atoms with Crippen molar-refractivity contribution in [1.82, 2.24) is 29.5 Å². The minimum Gasteiger partial charge on any atom is -0.478 e. The maximum absolute atomic E-state index is 12.6. The number of likely N-dealkylation sites (N-methyl/N-ethyl adjacent to an activating group) is 1. The molecule has 1 saturated heterocycles. The number of carbonyl (C=O) groups is 1. The summed E-state index contributed by atoms with van der Waals surface area (Å²) in [6.45, 7) is 8.05. The van der Waals surface area contributed by atoms with Crippen LogP contribution in [0.25, 0.3) is 5.78 Å². The fourth-order valence-electron chi connectivity index (χ4n) is 3.24. The summed E-state index contributed by atoms with van der Waals surface area (Å²) in [6, 6.07) is 3.64. The summed E-state index contributed by atoms with van der Waals surface area (Å²) < 4.78 is 7.30. The molecule has 0 unspecified atom stereocenters. The van der Waals surface area contributed by atoms with Crippen LogP contribution in [-0.4, -0.2) is 75.2 Å². The number of anilines is 2. The number of hydrogen-bond acceptors (Lipinski definition) is 8. The van der Waals surface area contributed by atoms with Crippen LogP contribution in [0.3, 0.4) is 0 Å². The largest absolute Gasteiger partial charge is 0.478 e. The van der Waals surface area contributed by atoms with E-state index in [-0.39, 0.29) is 5.91 Å². The third kappa shape index (κ3) is 3.97. The van der Waals surface area contributed by atoms with Gasteiger partial charge in [0, 0.05) is 38.6 Å². The molecule has 0 aromatic carbocycles. The first-order valence-electron chi connectivity index (χ1n) is 9.61. The van der Waals surface area contributed by atoms with Gasteiger partial charge in [-0.15, -0.1) is 10.2 Å². The number of aromatic nitrogens is 5. The molecule has 0 atom stereocenters. The molecule has 152 valence electrons. The van der Waals surface area contributed by atoms with Crippen molar-refractivity contribution in [3.05, 3.63) is 35.8 Å². The number of carbonyl (C=O) groups excluding carboxylic acids is 1. The fourth-order valence-corrected chi connectivity index (χ4v) is 3.24. The normalized spacial score (nSPS) is 14.9. The zero-order valence-corrected chi connectivity index (χ0v) is 16.8. The fraction of sp³-hybridized carbons (Fsp3) is 0.421. The zero-order chi connectivity index (χ0) is 20.4. The second-order valence-corrected chi connectivity index (χ2v) is 6.97. The molecule has 3 aromatic rings. The lowest BCUT2D eigenvalue weighted by atomic mass is 10.3. The van der Waals surface area contributed by atoms with E-state index in [1.807, 2.05) is 19.9 Å². The molecule has 0 bridgehead atoms. The molecule has 0 radical (unpaired) electrons. The van der Waals surface area contributed by atoms with Gasteiger partial charge in [-0.1, -0.05) is 0 Å². The molecule has 1 aliphatic rings. The van der Waals surface area contributed by atoms with Crippen molar-refractivity contribution in [2.24, 2.45) is 0 Å². The van der Waals surface area contributed by atoms with Crippen LogP contribution in [0.5, 0.6) is 5.88 Å². The van der Waals surface area contributed by atoms with Crippen LogP contribution >= 0.6 is 0 Å². The molecule has 0 aliphatic carbocycles. The summed E-state index contributed by atoms with van der Waals surface area (Å²) in [6.07, 6.45) is 3.15. The smallest absolute Gasteiger partial charge is 0.259 e. The van der Waals surface area contributed by atoms with E-state index in [0.717, 1.165) is 37.7 Å². The standard InChI is InChI=1S/C19H24N8O2/c1-4-29-18-13(2)21-19-20-11-14(12-27(18)19)17(28)22-15-5-6-16(24-23-15)26-9-7-25(3)8-10-26/h5-6,11-12H,4,7-10H2,1-3H3,(H,22,23,28). The predicted molar refractivity (Wildman–Crippen MR) is 109 cm³/mol. The Kier molecular flexibility index (Phi) is 5.26. The summed E-state index contributed by atoms with van der Waals surface area (Å²) in [5.41, 5.74) is 1.10. The van der Waals surface area contributed by atoms with Gasteiger partial charge in [-0.2, -0.15) is 0 Å². The first-order chi connectivity index (χ1) is 14.0. The second-order valence-electron chi connectivity index (χ2n) is 6.97. The van der Waals surface area contributed by atoms with E-state index < -0.39 is 0 Å². The number of ether oxygens (including phenoxy) is 1. The number of nitrogens with one attached hydrogen (secondary N) is 1. The Balaban J connectivity index is 1.48. The summed E-state index contributed by atoms with van der Waals surface area (Å²) in [4.78, 5) is 25.7. The van der Waals surface area contributed by atoms with Crippen molar-refractivity contribution in [3.63, 3.8) is 0 Å². The lowest BCUT2D eigenvalue weighted by Gasteiger charge is -2.32. The number of nitrogens with zero attached hydrogens (tertiary/aromatic N) is 7. The number of hydrogen-bond donors (Lipinski definition) is 1. The van der Waals surface area contributed by atoms with Crippen molar-refractivity contribution in [3.8, 4) is 5.88 Å². The Morgan fingerprint density at radius 2 is 2.00 bits per heavy atom. The molecule has 29 heavy (non-hydrogen) atoms. The highest BCUT2D eigenvalue weighted by atomic mass is 16.5. The van der Waals surface area contributed by atoms with Crippen molar-refractivity contribution in [2.75, 3.05) is 50.1 Å². The molecule has 1 fully saturated rings. The van der Waals surface area contributed by atoms with E-state index in [0.29, 0.717) is 29.6 Å². The average Bonchev–Trinajstić information content (AvgIpc) is 3.04. The summed E-state index contributed by atoms with van der Waals surface area (Å²) in [5.74, 6) is 1.95. The molecule has 10 heteroatoms. The Morgan fingerprint density at radius 3 is 2.69 bits per heavy atom. The van der Waals surface area contributed by atoms with Crippen molar-refractivity contribution in [2.45, 2.75) is 13.8 Å². The molecule has 0 spiro atoms. The predicted octanol–water partition coefficient (Wildman–Crippen LogP) is 1.23. The van der Waals surface area contributed by atoms with Gasteiger partial charge in [-0.05, 0) is 33.0 Å². The Bertz CT molecular complexity index is 1010. The number of imidazole rings is 1. The highest BCUT2D eigenvalue weighted by Gasteiger charge is 2.17. The van der Waals surface area contributed by atoms with Crippen LogP contribution in [0.4, 0.5) is 11.6 Å². The van der Waals surface area contributed by atoms with Crippen LogP contribution in [0, 0.1) is 6.92 Å². The first kappa shape index (κ1) is 19.1. The number of amides is 1. The van der Waals surface area contributed by atoms with Gasteiger partial charge in [-0.25, -0.2) is 9.97 Å². The van der Waals surface area contributed by atoms with E-state index in [9.17, 15) is 4.79 Å². The summed E-state index contributed by atoms with van der Waals surface area (Å²) in [5, 5.41) is 11.2. The van der Waals surface area contributed by atoms with Gasteiger partial charge in [0.25, 0.3) is 5.91 Å². The molecule has 4 rings (SSSR count).